The van der Waals surface area contributed by atoms with Crippen LogP contribution < -0.4 is 0 Å². The number of nitrogens with zero attached hydrogens (tertiary/aromatic N) is 1. The topological polar surface area (TPSA) is 78.6 Å². The van der Waals surface area contributed by atoms with Gasteiger partial charge in [0.2, 0.25) is 5.89 Å². The molecule has 5 rings (SSSR count). The monoisotopic (exact) mass is 535 g/mol. The summed E-state index contributed by atoms with van der Waals surface area (Å²) in [6.07, 6.45) is 5.74. The van der Waals surface area contributed by atoms with Gasteiger partial charge < -0.3 is 13.9 Å². The number of benzene rings is 3. The van der Waals surface area contributed by atoms with Crippen LogP contribution in [0.3, 0.4) is 0 Å². The number of carbonyl (C=O) groups excluding carboxylic acids is 2. The standard InChI is InChI=1S/C34H33NO5/c1-3-38-33(36)27-20-23(21-28(22-27)34(37)39-4-2)19-26-17-11-12-18-29(26)32-35-30(24-13-7-5-8-14-24)31(40-32)25-15-9-6-10-16-25/h5-10,13-16,18,20-22,26H,3-4,11-12,17,19H2,1-2H3. The number of oxazole rings is 1. The largest absolute Gasteiger partial charge is 0.462 e. The SMILES string of the molecule is CCOC(=O)c1cc(CC2CCCC=C2c2nc(-c3ccccc3)c(-c3ccccc3)o2)cc(C(=O)OCC)c1. The van der Waals surface area contributed by atoms with Gasteiger partial charge in [0.1, 0.15) is 5.69 Å². The molecule has 40 heavy (non-hydrogen) atoms. The van der Waals surface area contributed by atoms with Crippen molar-refractivity contribution in [2.45, 2.75) is 39.5 Å². The molecule has 0 bridgehead atoms. The lowest BCUT2D eigenvalue weighted by atomic mass is 9.82. The zero-order valence-electron chi connectivity index (χ0n) is 22.9. The Labute approximate surface area is 234 Å². The lowest BCUT2D eigenvalue weighted by molar-refractivity contribution is 0.0525. The van der Waals surface area contributed by atoms with Crippen molar-refractivity contribution in [1.29, 1.82) is 0 Å². The third-order valence-electron chi connectivity index (χ3n) is 7.02. The minimum atomic E-state index is -0.456. The minimum Gasteiger partial charge on any atom is -0.462 e. The van der Waals surface area contributed by atoms with Crippen LogP contribution in [0.1, 0.15) is 65.3 Å². The maximum atomic E-state index is 12.6. The Morgan fingerprint density at radius 1 is 0.850 bits per heavy atom. The summed E-state index contributed by atoms with van der Waals surface area (Å²) in [6.45, 7) is 4.03. The van der Waals surface area contributed by atoms with Crippen LogP contribution in [0.15, 0.2) is 89.4 Å². The highest BCUT2D eigenvalue weighted by Crippen LogP contribution is 2.40. The van der Waals surface area contributed by atoms with Gasteiger partial charge in [0.15, 0.2) is 5.76 Å². The van der Waals surface area contributed by atoms with Crippen molar-refractivity contribution in [3.63, 3.8) is 0 Å². The Hall–Kier alpha value is -4.45. The van der Waals surface area contributed by atoms with Crippen molar-refractivity contribution in [2.75, 3.05) is 13.2 Å². The van der Waals surface area contributed by atoms with Crippen molar-refractivity contribution >= 4 is 17.5 Å². The average molecular weight is 536 g/mol. The number of allylic oxidation sites excluding steroid dienone is 2. The number of aromatic nitrogens is 1. The number of hydrogen-bond donors (Lipinski definition) is 0. The summed E-state index contributed by atoms with van der Waals surface area (Å²) >= 11 is 0. The van der Waals surface area contributed by atoms with Crippen LogP contribution in [-0.2, 0) is 15.9 Å². The number of esters is 2. The molecule has 0 fully saturated rings. The lowest BCUT2D eigenvalue weighted by Crippen LogP contribution is -2.14. The molecule has 0 saturated heterocycles. The number of hydrogen-bond acceptors (Lipinski definition) is 6. The van der Waals surface area contributed by atoms with Crippen molar-refractivity contribution in [3.8, 4) is 22.6 Å². The molecule has 0 N–H and O–H groups in total. The minimum absolute atomic E-state index is 0.104. The van der Waals surface area contributed by atoms with Gasteiger partial charge >= 0.3 is 11.9 Å². The predicted octanol–water partition coefficient (Wildman–Crippen LogP) is 7.79. The molecule has 1 aliphatic carbocycles. The molecule has 1 atom stereocenters. The van der Waals surface area contributed by atoms with Gasteiger partial charge in [-0.15, -0.1) is 0 Å². The Bertz CT molecular complexity index is 1410. The molecule has 6 heteroatoms. The maximum absolute atomic E-state index is 12.6. The molecule has 3 aromatic carbocycles. The highest BCUT2D eigenvalue weighted by molar-refractivity contribution is 5.95. The van der Waals surface area contributed by atoms with Gasteiger partial charge in [-0.2, -0.15) is 0 Å². The van der Waals surface area contributed by atoms with Gasteiger partial charge in [0, 0.05) is 16.7 Å². The number of rotatable bonds is 9. The lowest BCUT2D eigenvalue weighted by Gasteiger charge is -2.23. The summed E-state index contributed by atoms with van der Waals surface area (Å²) in [7, 11) is 0. The smallest absolute Gasteiger partial charge is 0.338 e. The fraction of sp³-hybridized carbons (Fsp3) is 0.265. The highest BCUT2D eigenvalue weighted by Gasteiger charge is 2.27. The molecular weight excluding hydrogens is 502 g/mol. The number of carbonyl (C=O) groups is 2. The first-order valence-electron chi connectivity index (χ1n) is 13.9. The normalized spacial score (nSPS) is 14.8. The van der Waals surface area contributed by atoms with Gasteiger partial charge in [-0.3, -0.25) is 0 Å². The number of ether oxygens (including phenoxy) is 2. The third kappa shape index (κ3) is 6.07. The van der Waals surface area contributed by atoms with Crippen LogP contribution in [0.5, 0.6) is 0 Å². The van der Waals surface area contributed by atoms with E-state index in [0.717, 1.165) is 53.0 Å². The summed E-state index contributed by atoms with van der Waals surface area (Å²) in [6, 6.07) is 25.3. The van der Waals surface area contributed by atoms with E-state index < -0.39 is 11.9 Å². The van der Waals surface area contributed by atoms with Crippen LogP contribution in [0.2, 0.25) is 0 Å². The Kier molecular flexibility index (Phi) is 8.55. The molecule has 0 amide bonds. The first-order valence-corrected chi connectivity index (χ1v) is 13.9. The molecule has 1 aromatic heterocycles. The zero-order chi connectivity index (χ0) is 27.9. The van der Waals surface area contributed by atoms with Gasteiger partial charge in [-0.25, -0.2) is 14.6 Å². The maximum Gasteiger partial charge on any atom is 0.338 e. The van der Waals surface area contributed by atoms with Crippen LogP contribution in [0.25, 0.3) is 28.2 Å². The molecule has 0 aliphatic heterocycles. The van der Waals surface area contributed by atoms with E-state index in [-0.39, 0.29) is 19.1 Å². The third-order valence-corrected chi connectivity index (χ3v) is 7.02. The van der Waals surface area contributed by atoms with Crippen molar-refractivity contribution in [1.82, 2.24) is 4.98 Å². The van der Waals surface area contributed by atoms with Gasteiger partial charge in [-0.1, -0.05) is 66.7 Å². The van der Waals surface area contributed by atoms with E-state index in [1.54, 1.807) is 19.9 Å². The van der Waals surface area contributed by atoms with E-state index in [1.807, 2.05) is 72.8 Å². The quantitative estimate of drug-likeness (QED) is 0.204. The second-order valence-corrected chi connectivity index (χ2v) is 9.78. The van der Waals surface area contributed by atoms with E-state index in [9.17, 15) is 9.59 Å². The van der Waals surface area contributed by atoms with E-state index in [0.29, 0.717) is 23.4 Å². The van der Waals surface area contributed by atoms with Crippen LogP contribution in [-0.4, -0.2) is 30.1 Å². The summed E-state index contributed by atoms with van der Waals surface area (Å²) in [5, 5.41) is 0. The molecule has 0 spiro atoms. The van der Waals surface area contributed by atoms with E-state index in [1.165, 1.54) is 0 Å². The molecular formula is C34H33NO5. The van der Waals surface area contributed by atoms with Crippen molar-refractivity contribution in [3.05, 3.63) is 108 Å². The van der Waals surface area contributed by atoms with Gasteiger partial charge in [0.05, 0.1) is 24.3 Å². The summed E-state index contributed by atoms with van der Waals surface area (Å²) in [4.78, 5) is 30.2. The molecule has 0 radical (unpaired) electrons. The van der Waals surface area contributed by atoms with Crippen LogP contribution in [0.4, 0.5) is 0 Å². The Balaban J connectivity index is 1.52. The Morgan fingerprint density at radius 3 is 2.05 bits per heavy atom. The molecule has 1 heterocycles. The zero-order valence-corrected chi connectivity index (χ0v) is 22.9. The van der Waals surface area contributed by atoms with E-state index in [4.69, 9.17) is 18.9 Å². The molecule has 4 aromatic rings. The summed E-state index contributed by atoms with van der Waals surface area (Å²) in [5.41, 5.74) is 5.37. The second kappa shape index (κ2) is 12.6. The van der Waals surface area contributed by atoms with Crippen molar-refractivity contribution < 1.29 is 23.5 Å². The van der Waals surface area contributed by atoms with Crippen LogP contribution in [0, 0.1) is 5.92 Å². The van der Waals surface area contributed by atoms with Crippen molar-refractivity contribution in [2.24, 2.45) is 5.92 Å². The summed E-state index contributed by atoms with van der Waals surface area (Å²) in [5.74, 6) is 0.534. The first kappa shape index (κ1) is 27.1. The average Bonchev–Trinajstić information content (AvgIpc) is 3.44. The summed E-state index contributed by atoms with van der Waals surface area (Å²) < 4.78 is 17.0. The van der Waals surface area contributed by atoms with Gasteiger partial charge in [-0.05, 0) is 69.2 Å². The highest BCUT2D eigenvalue weighted by atomic mass is 16.5. The molecule has 1 aliphatic rings. The van der Waals surface area contributed by atoms with Gasteiger partial charge in [0.25, 0.3) is 0 Å². The fourth-order valence-corrected chi connectivity index (χ4v) is 5.20. The van der Waals surface area contributed by atoms with Crippen LogP contribution >= 0.6 is 0 Å². The molecule has 0 saturated carbocycles. The van der Waals surface area contributed by atoms with E-state index in [2.05, 4.69) is 6.08 Å². The second-order valence-electron chi connectivity index (χ2n) is 9.78. The molecule has 6 nitrogen and oxygen atoms in total. The Morgan fingerprint density at radius 2 is 1.45 bits per heavy atom. The molecule has 204 valence electrons. The predicted molar refractivity (Wildman–Crippen MR) is 155 cm³/mol. The molecule has 1 unspecified atom stereocenters. The van der Waals surface area contributed by atoms with E-state index >= 15 is 0 Å². The first-order chi connectivity index (χ1) is 19.6. The fourth-order valence-electron chi connectivity index (χ4n) is 5.20.